The number of unbranched alkanes of at least 4 members (excludes halogenated alkanes) is 36. The topological polar surface area (TPSA) is 237 Å². The van der Waals surface area contributed by atoms with Crippen LogP contribution in [-0.2, 0) is 65.4 Å². The largest absolute Gasteiger partial charge is 0.472 e. The number of aliphatic hydroxyl groups excluding tert-OH is 1. The second-order valence-electron chi connectivity index (χ2n) is 26.2. The van der Waals surface area contributed by atoms with Gasteiger partial charge in [0.05, 0.1) is 26.4 Å². The van der Waals surface area contributed by atoms with Crippen LogP contribution in [0.1, 0.15) is 343 Å². The first-order valence-electron chi connectivity index (χ1n) is 36.8. The number of rotatable bonds is 69. The van der Waals surface area contributed by atoms with E-state index in [-0.39, 0.29) is 25.7 Å². The number of carbonyl (C=O) groups is 4. The highest BCUT2D eigenvalue weighted by molar-refractivity contribution is 7.47. The van der Waals surface area contributed by atoms with Crippen LogP contribution < -0.4 is 0 Å². The molecule has 17 nitrogen and oxygen atoms in total. The summed E-state index contributed by atoms with van der Waals surface area (Å²) in [4.78, 5) is 72.6. The Balaban J connectivity index is 5.30. The van der Waals surface area contributed by atoms with Crippen molar-refractivity contribution in [3.05, 3.63) is 24.3 Å². The second kappa shape index (κ2) is 63.6. The van der Waals surface area contributed by atoms with E-state index in [2.05, 4.69) is 65.8 Å². The Kier molecular flexibility index (Phi) is 61.9. The van der Waals surface area contributed by atoms with Crippen molar-refractivity contribution in [1.82, 2.24) is 0 Å². The van der Waals surface area contributed by atoms with E-state index in [0.717, 1.165) is 115 Å². The number of hydrogen-bond donors (Lipinski definition) is 3. The average molecular weight is 1340 g/mol. The first-order valence-corrected chi connectivity index (χ1v) is 39.8. The smallest absolute Gasteiger partial charge is 0.462 e. The molecule has 0 bridgehead atoms. The summed E-state index contributed by atoms with van der Waals surface area (Å²) >= 11 is 0. The molecule has 5 atom stereocenters. The monoisotopic (exact) mass is 1330 g/mol. The highest BCUT2D eigenvalue weighted by Gasteiger charge is 2.30. The van der Waals surface area contributed by atoms with Crippen LogP contribution in [0.5, 0.6) is 0 Å². The Labute approximate surface area is 554 Å². The highest BCUT2D eigenvalue weighted by Crippen LogP contribution is 2.45. The molecule has 0 aliphatic carbocycles. The molecular weight excluding hydrogens is 1200 g/mol. The van der Waals surface area contributed by atoms with Crippen molar-refractivity contribution in [2.24, 2.45) is 11.8 Å². The summed E-state index contributed by atoms with van der Waals surface area (Å²) in [6, 6.07) is 0. The lowest BCUT2D eigenvalue weighted by molar-refractivity contribution is -0.161. The molecular formula is C72H136O17P2. The molecule has 0 rings (SSSR count). The van der Waals surface area contributed by atoms with E-state index < -0.39 is 97.5 Å². The van der Waals surface area contributed by atoms with E-state index in [1.807, 2.05) is 0 Å². The third kappa shape index (κ3) is 66.0. The summed E-state index contributed by atoms with van der Waals surface area (Å²) in [5, 5.41) is 10.6. The van der Waals surface area contributed by atoms with Crippen LogP contribution in [0, 0.1) is 11.8 Å². The van der Waals surface area contributed by atoms with Crippen molar-refractivity contribution in [2.75, 3.05) is 39.6 Å². The van der Waals surface area contributed by atoms with Crippen LogP contribution in [-0.4, -0.2) is 96.7 Å². The Hall–Kier alpha value is -2.46. The van der Waals surface area contributed by atoms with Crippen molar-refractivity contribution < 1.29 is 80.2 Å². The first kappa shape index (κ1) is 88.5. The molecule has 536 valence electrons. The van der Waals surface area contributed by atoms with Gasteiger partial charge in [-0.25, -0.2) is 9.13 Å². The minimum atomic E-state index is -4.96. The number of carbonyl (C=O) groups excluding carboxylic acids is 4. The number of aliphatic hydroxyl groups is 1. The number of phosphoric ester groups is 2. The molecule has 0 radical (unpaired) electrons. The van der Waals surface area contributed by atoms with Gasteiger partial charge in [-0.2, -0.15) is 0 Å². The summed E-state index contributed by atoms with van der Waals surface area (Å²) in [5.74, 6) is -0.676. The van der Waals surface area contributed by atoms with Gasteiger partial charge in [0.1, 0.15) is 19.3 Å². The lowest BCUT2D eigenvalue weighted by atomic mass is 10.0. The fourth-order valence-corrected chi connectivity index (χ4v) is 12.0. The zero-order chi connectivity index (χ0) is 67.2. The van der Waals surface area contributed by atoms with Crippen LogP contribution in [0.25, 0.3) is 0 Å². The van der Waals surface area contributed by atoms with E-state index in [9.17, 15) is 43.2 Å². The molecule has 19 heteroatoms. The van der Waals surface area contributed by atoms with Crippen LogP contribution in [0.2, 0.25) is 0 Å². The molecule has 91 heavy (non-hydrogen) atoms. The molecule has 0 aromatic carbocycles. The molecule has 0 aromatic rings. The fourth-order valence-electron chi connectivity index (χ4n) is 10.4. The minimum Gasteiger partial charge on any atom is -0.462 e. The molecule has 0 saturated heterocycles. The van der Waals surface area contributed by atoms with E-state index in [1.165, 1.54) is 148 Å². The standard InChI is InChI=1S/C72H136O17P2/c1-7-9-11-13-15-17-19-21-22-23-25-31-38-44-50-56-71(76)88-67(61-83-70(75)55-49-43-37-32-26-28-34-40-46-52-64(3)4)62-86-90(78,79)84-58-66(73)59-85-91(80,81)87-63-68(89-72(77)57-51-45-39-33-27-29-35-41-47-53-65(5)6)60-82-69(74)54-48-42-36-30-24-20-18-16-14-12-10-8-2/h17,19,21-22,64-68,73H,7-16,18,20,23-63H2,1-6H3,(H,78,79)(H,80,81)/b19-17-,22-21-/t66-,67-,68-/m1/s1. The number of ether oxygens (including phenoxy) is 4. The van der Waals surface area contributed by atoms with Gasteiger partial charge < -0.3 is 33.8 Å². The fraction of sp³-hybridized carbons (Fsp3) is 0.889. The van der Waals surface area contributed by atoms with E-state index in [0.29, 0.717) is 25.7 Å². The summed E-state index contributed by atoms with van der Waals surface area (Å²) in [5.41, 5.74) is 0. The van der Waals surface area contributed by atoms with Gasteiger partial charge in [-0.15, -0.1) is 0 Å². The van der Waals surface area contributed by atoms with Crippen molar-refractivity contribution in [2.45, 2.75) is 362 Å². The number of phosphoric acid groups is 2. The van der Waals surface area contributed by atoms with Gasteiger partial charge in [0.2, 0.25) is 0 Å². The predicted octanol–water partition coefficient (Wildman–Crippen LogP) is 20.3. The van der Waals surface area contributed by atoms with Gasteiger partial charge in [-0.3, -0.25) is 37.3 Å². The van der Waals surface area contributed by atoms with Gasteiger partial charge in [0.25, 0.3) is 0 Å². The lowest BCUT2D eigenvalue weighted by Crippen LogP contribution is -2.30. The third-order valence-electron chi connectivity index (χ3n) is 16.1. The van der Waals surface area contributed by atoms with Crippen molar-refractivity contribution >= 4 is 39.5 Å². The van der Waals surface area contributed by atoms with Gasteiger partial charge in [-0.1, -0.05) is 291 Å². The quantitative estimate of drug-likeness (QED) is 0.0169. The maximum Gasteiger partial charge on any atom is 0.472 e. The summed E-state index contributed by atoms with van der Waals surface area (Å²) in [6.07, 6.45) is 52.1. The number of hydrogen-bond acceptors (Lipinski definition) is 15. The molecule has 0 aliphatic rings. The van der Waals surface area contributed by atoms with Crippen LogP contribution in [0.3, 0.4) is 0 Å². The molecule has 0 amide bonds. The molecule has 3 N–H and O–H groups in total. The zero-order valence-corrected chi connectivity index (χ0v) is 60.4. The normalized spacial score (nSPS) is 14.3. The van der Waals surface area contributed by atoms with Gasteiger partial charge in [0.15, 0.2) is 12.2 Å². The first-order chi connectivity index (χ1) is 43.9. The molecule has 2 unspecified atom stereocenters. The summed E-state index contributed by atoms with van der Waals surface area (Å²) < 4.78 is 68.3. The Morgan fingerprint density at radius 3 is 0.901 bits per heavy atom. The van der Waals surface area contributed by atoms with E-state index >= 15 is 0 Å². The number of esters is 4. The third-order valence-corrected chi connectivity index (χ3v) is 18.0. The zero-order valence-electron chi connectivity index (χ0n) is 58.6. The SMILES string of the molecule is CCCCCC/C=C\C=C/CCCCCCCC(=O)O[C@H](COC(=O)CCCCCCCCCCCC(C)C)COP(=O)(O)OC[C@@H](O)COP(=O)(O)OC[C@@H](COC(=O)CCCCCCCCCCCCCC)OC(=O)CCCCCCCCCCCC(C)C. The number of allylic oxidation sites excluding steroid dienone is 4. The van der Waals surface area contributed by atoms with Crippen molar-refractivity contribution in [1.29, 1.82) is 0 Å². The van der Waals surface area contributed by atoms with Gasteiger partial charge >= 0.3 is 39.5 Å². The Morgan fingerprint density at radius 1 is 0.341 bits per heavy atom. The molecule has 0 saturated carbocycles. The molecule has 0 spiro atoms. The van der Waals surface area contributed by atoms with Crippen LogP contribution in [0.4, 0.5) is 0 Å². The predicted molar refractivity (Wildman–Crippen MR) is 367 cm³/mol. The van der Waals surface area contributed by atoms with Gasteiger partial charge in [-0.05, 0) is 63.2 Å². The molecule has 0 aliphatic heterocycles. The van der Waals surface area contributed by atoms with Gasteiger partial charge in [0, 0.05) is 25.7 Å². The minimum absolute atomic E-state index is 0.0845. The Morgan fingerprint density at radius 2 is 0.593 bits per heavy atom. The van der Waals surface area contributed by atoms with Crippen LogP contribution >= 0.6 is 15.6 Å². The molecule has 0 fully saturated rings. The molecule has 0 heterocycles. The maximum atomic E-state index is 13.0. The van der Waals surface area contributed by atoms with Crippen molar-refractivity contribution in [3.63, 3.8) is 0 Å². The van der Waals surface area contributed by atoms with E-state index in [4.69, 9.17) is 37.0 Å². The maximum absolute atomic E-state index is 13.0. The van der Waals surface area contributed by atoms with Crippen molar-refractivity contribution in [3.8, 4) is 0 Å². The molecule has 0 aromatic heterocycles. The van der Waals surface area contributed by atoms with E-state index in [1.54, 1.807) is 0 Å². The Bertz CT molecular complexity index is 1860. The summed E-state index contributed by atoms with van der Waals surface area (Å²) in [6.45, 7) is 9.45. The highest BCUT2D eigenvalue weighted by atomic mass is 31.2. The second-order valence-corrected chi connectivity index (χ2v) is 29.2. The van der Waals surface area contributed by atoms with Crippen LogP contribution in [0.15, 0.2) is 24.3 Å². The lowest BCUT2D eigenvalue weighted by Gasteiger charge is -2.21. The summed E-state index contributed by atoms with van der Waals surface area (Å²) in [7, 11) is -9.92. The average Bonchev–Trinajstić information content (AvgIpc) is 3.73.